The van der Waals surface area contributed by atoms with Crippen molar-refractivity contribution in [2.75, 3.05) is 0 Å². The Morgan fingerprint density at radius 1 is 0.441 bits per heavy atom. The average Bonchev–Trinajstić information content (AvgIpc) is 3.92. The molecule has 59 heavy (non-hydrogen) atoms. The molecule has 0 atom stereocenters. The zero-order valence-electron chi connectivity index (χ0n) is 32.5. The first-order chi connectivity index (χ1) is 29.0. The van der Waals surface area contributed by atoms with Crippen LogP contribution in [0.25, 0.3) is 106 Å². The van der Waals surface area contributed by atoms with Crippen LogP contribution in [0, 0.1) is 0 Å². The molecule has 0 bridgehead atoms. The monoisotopic (exact) mass is 756 g/mol. The first kappa shape index (κ1) is 33.5. The van der Waals surface area contributed by atoms with Crippen LogP contribution in [0.15, 0.2) is 186 Å². The summed E-state index contributed by atoms with van der Waals surface area (Å²) in [5.74, 6) is 1.87. The number of benzene rings is 8. The normalized spacial score (nSPS) is 13.1. The van der Waals surface area contributed by atoms with E-state index < -0.39 is 0 Å². The lowest BCUT2D eigenvalue weighted by atomic mass is 9.82. The van der Waals surface area contributed by atoms with Crippen molar-refractivity contribution in [1.29, 1.82) is 0 Å². The van der Waals surface area contributed by atoms with Gasteiger partial charge in [0.1, 0.15) is 5.58 Å². The molecule has 0 saturated carbocycles. The Morgan fingerprint density at radius 2 is 1.05 bits per heavy atom. The second-order valence-corrected chi connectivity index (χ2v) is 16.0. The van der Waals surface area contributed by atoms with Gasteiger partial charge >= 0.3 is 0 Å². The third-order valence-electron chi connectivity index (χ3n) is 12.3. The van der Waals surface area contributed by atoms with E-state index in [2.05, 4.69) is 182 Å². The predicted molar refractivity (Wildman–Crippen MR) is 241 cm³/mol. The van der Waals surface area contributed by atoms with Gasteiger partial charge in [-0.2, -0.15) is 0 Å². The van der Waals surface area contributed by atoms with Crippen LogP contribution in [-0.4, -0.2) is 19.5 Å². The van der Waals surface area contributed by atoms with E-state index >= 15 is 0 Å². The van der Waals surface area contributed by atoms with Gasteiger partial charge < -0.3 is 8.98 Å². The highest BCUT2D eigenvalue weighted by atomic mass is 16.3. The lowest BCUT2D eigenvalue weighted by Crippen LogP contribution is -2.15. The summed E-state index contributed by atoms with van der Waals surface area (Å²) in [6.45, 7) is 4.61. The van der Waals surface area contributed by atoms with Gasteiger partial charge in [-0.1, -0.05) is 166 Å². The Kier molecular flexibility index (Phi) is 7.20. The van der Waals surface area contributed by atoms with Gasteiger partial charge in [0.05, 0.1) is 16.7 Å². The Hall–Kier alpha value is -7.63. The molecule has 0 spiro atoms. The number of furan rings is 1. The second-order valence-electron chi connectivity index (χ2n) is 16.0. The average molecular weight is 757 g/mol. The van der Waals surface area contributed by atoms with Crippen molar-refractivity contribution in [3.63, 3.8) is 0 Å². The molecule has 1 aliphatic rings. The van der Waals surface area contributed by atoms with Crippen molar-refractivity contribution in [3.8, 4) is 62.1 Å². The Labute approximate surface area is 340 Å². The number of para-hydroxylation sites is 3. The summed E-state index contributed by atoms with van der Waals surface area (Å²) in [5.41, 5.74) is 14.8. The van der Waals surface area contributed by atoms with Crippen LogP contribution in [0.5, 0.6) is 0 Å². The molecule has 11 aromatic rings. The van der Waals surface area contributed by atoms with Crippen LogP contribution in [-0.2, 0) is 5.41 Å². The van der Waals surface area contributed by atoms with Crippen molar-refractivity contribution >= 4 is 43.7 Å². The first-order valence-corrected chi connectivity index (χ1v) is 20.1. The summed E-state index contributed by atoms with van der Waals surface area (Å²) in [6.07, 6.45) is 0. The standard InChI is InChI=1S/C54H36N4O/c1-54(2)43-26-11-9-20-37(43)38-31-30-35(32-44(38)54)52-55-51(34-18-7-4-8-19-34)56-53(57-52)42-25-13-23-40-39-21-10-12-27-45(39)58(49(40)42)46-28-14-24-41-48-36(33-16-5-3-6-17-33)22-15-29-47(48)59-50(41)46/h3-32H,1-2H3. The molecule has 0 amide bonds. The Morgan fingerprint density at radius 3 is 1.90 bits per heavy atom. The molecule has 0 saturated heterocycles. The fourth-order valence-corrected chi connectivity index (χ4v) is 9.50. The number of fused-ring (bicyclic) bond motifs is 9. The van der Waals surface area contributed by atoms with E-state index in [9.17, 15) is 0 Å². The molecular weight excluding hydrogens is 721 g/mol. The highest BCUT2D eigenvalue weighted by Gasteiger charge is 2.35. The van der Waals surface area contributed by atoms with E-state index in [1.807, 2.05) is 18.2 Å². The minimum atomic E-state index is -0.161. The smallest absolute Gasteiger partial charge is 0.166 e. The molecule has 0 aliphatic heterocycles. The van der Waals surface area contributed by atoms with Crippen molar-refractivity contribution in [2.24, 2.45) is 0 Å². The van der Waals surface area contributed by atoms with Gasteiger partial charge in [0.15, 0.2) is 23.1 Å². The van der Waals surface area contributed by atoms with Gasteiger partial charge in [-0.15, -0.1) is 0 Å². The highest BCUT2D eigenvalue weighted by Crippen LogP contribution is 2.50. The summed E-state index contributed by atoms with van der Waals surface area (Å²) < 4.78 is 9.22. The van der Waals surface area contributed by atoms with E-state index in [0.29, 0.717) is 17.5 Å². The molecule has 0 fully saturated rings. The van der Waals surface area contributed by atoms with Crippen molar-refractivity contribution in [1.82, 2.24) is 19.5 Å². The second kappa shape index (κ2) is 12.7. The van der Waals surface area contributed by atoms with E-state index in [0.717, 1.165) is 77.2 Å². The molecule has 1 aliphatic carbocycles. The van der Waals surface area contributed by atoms with Gasteiger partial charge in [-0.05, 0) is 63.7 Å². The molecule has 8 aromatic carbocycles. The lowest BCUT2D eigenvalue weighted by Gasteiger charge is -2.21. The van der Waals surface area contributed by atoms with E-state index in [4.69, 9.17) is 19.4 Å². The number of hydrogen-bond acceptors (Lipinski definition) is 4. The molecule has 0 unspecified atom stereocenters. The molecule has 278 valence electrons. The van der Waals surface area contributed by atoms with Crippen molar-refractivity contribution < 1.29 is 4.42 Å². The van der Waals surface area contributed by atoms with Crippen LogP contribution in [0.3, 0.4) is 0 Å². The number of nitrogens with zero attached hydrogens (tertiary/aromatic N) is 4. The van der Waals surface area contributed by atoms with E-state index in [-0.39, 0.29) is 5.41 Å². The molecule has 0 N–H and O–H groups in total. The molecule has 0 radical (unpaired) electrons. The Balaban J connectivity index is 1.12. The highest BCUT2D eigenvalue weighted by molar-refractivity contribution is 6.17. The summed E-state index contributed by atoms with van der Waals surface area (Å²) in [7, 11) is 0. The third-order valence-corrected chi connectivity index (χ3v) is 12.3. The first-order valence-electron chi connectivity index (χ1n) is 20.1. The summed E-state index contributed by atoms with van der Waals surface area (Å²) in [5, 5.41) is 4.42. The molecular formula is C54H36N4O. The third kappa shape index (κ3) is 5.01. The summed E-state index contributed by atoms with van der Waals surface area (Å²) >= 11 is 0. The fourth-order valence-electron chi connectivity index (χ4n) is 9.50. The number of rotatable bonds is 5. The summed E-state index contributed by atoms with van der Waals surface area (Å²) in [4.78, 5) is 15.8. The van der Waals surface area contributed by atoms with Crippen LogP contribution < -0.4 is 0 Å². The molecule has 3 aromatic heterocycles. The zero-order chi connectivity index (χ0) is 39.2. The molecule has 5 heteroatoms. The maximum absolute atomic E-state index is 6.88. The van der Waals surface area contributed by atoms with Crippen molar-refractivity contribution in [2.45, 2.75) is 19.3 Å². The molecule has 3 heterocycles. The van der Waals surface area contributed by atoms with Crippen LogP contribution >= 0.6 is 0 Å². The quantitative estimate of drug-likeness (QED) is 0.175. The largest absolute Gasteiger partial charge is 0.454 e. The predicted octanol–water partition coefficient (Wildman–Crippen LogP) is 13.8. The zero-order valence-corrected chi connectivity index (χ0v) is 32.5. The summed E-state index contributed by atoms with van der Waals surface area (Å²) in [6, 6.07) is 64.0. The fraction of sp³-hybridized carbons (Fsp3) is 0.0556. The minimum Gasteiger partial charge on any atom is -0.454 e. The van der Waals surface area contributed by atoms with Gasteiger partial charge in [0, 0.05) is 43.7 Å². The van der Waals surface area contributed by atoms with E-state index in [1.165, 1.54) is 22.3 Å². The van der Waals surface area contributed by atoms with Gasteiger partial charge in [0.2, 0.25) is 0 Å². The lowest BCUT2D eigenvalue weighted by molar-refractivity contribution is 0.660. The minimum absolute atomic E-state index is 0.161. The van der Waals surface area contributed by atoms with Crippen LogP contribution in [0.4, 0.5) is 0 Å². The van der Waals surface area contributed by atoms with E-state index in [1.54, 1.807) is 0 Å². The Bertz CT molecular complexity index is 3470. The van der Waals surface area contributed by atoms with Crippen molar-refractivity contribution in [3.05, 3.63) is 193 Å². The van der Waals surface area contributed by atoms with Gasteiger partial charge in [-0.25, -0.2) is 15.0 Å². The maximum atomic E-state index is 6.88. The van der Waals surface area contributed by atoms with Gasteiger partial charge in [0.25, 0.3) is 0 Å². The SMILES string of the molecule is CC1(C)c2ccccc2-c2ccc(-c3nc(-c4ccccc4)nc(-c4cccc5c6ccccc6n(-c6cccc7c6oc6cccc(-c8ccccc8)c67)c45)n3)cc21. The van der Waals surface area contributed by atoms with Crippen LogP contribution in [0.2, 0.25) is 0 Å². The van der Waals surface area contributed by atoms with Crippen LogP contribution in [0.1, 0.15) is 25.0 Å². The maximum Gasteiger partial charge on any atom is 0.166 e. The number of aromatic nitrogens is 4. The number of hydrogen-bond donors (Lipinski definition) is 0. The molecule has 5 nitrogen and oxygen atoms in total. The van der Waals surface area contributed by atoms with Gasteiger partial charge in [-0.3, -0.25) is 0 Å². The topological polar surface area (TPSA) is 56.7 Å². The molecule has 12 rings (SSSR count).